The molecule has 0 aliphatic heterocycles. The van der Waals surface area contributed by atoms with Gasteiger partial charge in [0, 0.05) is 5.69 Å². The summed E-state index contributed by atoms with van der Waals surface area (Å²) < 4.78 is 6.29. The number of anilines is 1. The van der Waals surface area contributed by atoms with Gasteiger partial charge in [-0.05, 0) is 66.1 Å². The van der Waals surface area contributed by atoms with Gasteiger partial charge in [0.1, 0.15) is 4.83 Å². The molecule has 34 heavy (non-hydrogen) atoms. The molecule has 2 aromatic carbocycles. The molecule has 1 amide bonds. The predicted molar refractivity (Wildman–Crippen MR) is 134 cm³/mol. The van der Waals surface area contributed by atoms with Gasteiger partial charge in [-0.15, -0.1) is 11.3 Å². The third-order valence-corrected chi connectivity index (χ3v) is 7.39. The summed E-state index contributed by atoms with van der Waals surface area (Å²) in [5, 5.41) is 6.02. The smallest absolute Gasteiger partial charge is 0.337 e. The summed E-state index contributed by atoms with van der Waals surface area (Å²) in [6, 6.07) is 15.8. The first-order valence-corrected chi connectivity index (χ1v) is 12.6. The van der Waals surface area contributed by atoms with E-state index in [1.807, 2.05) is 35.7 Å². The zero-order chi connectivity index (χ0) is 23.7. The number of methoxy groups -OCH3 is 1. The van der Waals surface area contributed by atoms with E-state index < -0.39 is 5.97 Å². The van der Waals surface area contributed by atoms with Crippen LogP contribution in [-0.4, -0.2) is 34.3 Å². The third-order valence-electron chi connectivity index (χ3n) is 5.56. The molecule has 7 nitrogen and oxygen atoms in total. The summed E-state index contributed by atoms with van der Waals surface area (Å²) in [5.41, 5.74) is 2.68. The summed E-state index contributed by atoms with van der Waals surface area (Å²) in [6.45, 7) is 0. The Morgan fingerprint density at radius 2 is 1.88 bits per heavy atom. The van der Waals surface area contributed by atoms with Crippen molar-refractivity contribution in [1.29, 1.82) is 0 Å². The highest BCUT2D eigenvalue weighted by molar-refractivity contribution is 7.99. The molecule has 5 rings (SSSR count). The molecule has 0 bridgehead atoms. The zero-order valence-electron chi connectivity index (χ0n) is 18.3. The maximum Gasteiger partial charge on any atom is 0.337 e. The number of hydrogen-bond donors (Lipinski definition) is 1. The average Bonchev–Trinajstić information content (AvgIpc) is 3.62. The van der Waals surface area contributed by atoms with Crippen LogP contribution in [0.1, 0.15) is 34.7 Å². The van der Waals surface area contributed by atoms with Crippen molar-refractivity contribution < 1.29 is 14.3 Å². The highest BCUT2D eigenvalue weighted by atomic mass is 32.2. The van der Waals surface area contributed by atoms with Crippen LogP contribution in [0.15, 0.2) is 69.9 Å². The van der Waals surface area contributed by atoms with Gasteiger partial charge in [0.25, 0.3) is 5.56 Å². The number of nitrogens with one attached hydrogen (secondary N) is 1. The lowest BCUT2D eigenvalue weighted by molar-refractivity contribution is -0.113. The van der Waals surface area contributed by atoms with Crippen LogP contribution in [0.3, 0.4) is 0 Å². The first kappa shape index (κ1) is 22.4. The van der Waals surface area contributed by atoms with Crippen molar-refractivity contribution in [2.45, 2.75) is 23.9 Å². The highest BCUT2D eigenvalue weighted by Crippen LogP contribution is 2.44. The molecule has 0 unspecified atom stereocenters. The number of benzene rings is 2. The Balaban J connectivity index is 1.40. The number of thiophene rings is 1. The van der Waals surface area contributed by atoms with Crippen LogP contribution in [0, 0.1) is 0 Å². The van der Waals surface area contributed by atoms with Crippen molar-refractivity contribution in [2.75, 3.05) is 18.2 Å². The van der Waals surface area contributed by atoms with E-state index in [1.165, 1.54) is 30.2 Å². The van der Waals surface area contributed by atoms with Gasteiger partial charge in [-0.25, -0.2) is 9.78 Å². The fourth-order valence-electron chi connectivity index (χ4n) is 3.72. The molecule has 2 aromatic heterocycles. The molecule has 172 valence electrons. The highest BCUT2D eigenvalue weighted by Gasteiger charge is 2.29. The number of amides is 1. The number of carbonyl (C=O) groups is 2. The van der Waals surface area contributed by atoms with Gasteiger partial charge in [0.15, 0.2) is 5.16 Å². The topological polar surface area (TPSA) is 90.3 Å². The van der Waals surface area contributed by atoms with E-state index in [4.69, 9.17) is 4.98 Å². The van der Waals surface area contributed by atoms with Crippen LogP contribution in [0.2, 0.25) is 0 Å². The van der Waals surface area contributed by atoms with Crippen molar-refractivity contribution in [3.63, 3.8) is 0 Å². The van der Waals surface area contributed by atoms with E-state index in [2.05, 4.69) is 10.1 Å². The number of carbonyl (C=O) groups excluding carboxylic acids is 2. The first-order chi connectivity index (χ1) is 16.5. The standard InChI is InChI=1S/C25H21N3O4S2/c1-32-24(31)16-9-11-17(12-10-16)26-20(29)14-34-25-27-22-21(19(13-33-22)15-7-8-15)23(30)28(25)18-5-3-2-4-6-18/h2-6,9-13,15H,7-8,14H2,1H3,(H,26,29). The molecular weight excluding hydrogens is 470 g/mol. The molecule has 4 aromatic rings. The van der Waals surface area contributed by atoms with Crippen molar-refractivity contribution in [3.05, 3.63) is 81.5 Å². The minimum Gasteiger partial charge on any atom is -0.465 e. The van der Waals surface area contributed by atoms with Gasteiger partial charge in [-0.1, -0.05) is 30.0 Å². The summed E-state index contributed by atoms with van der Waals surface area (Å²) in [6.07, 6.45) is 2.21. The Labute approximate surface area is 203 Å². The molecule has 1 aliphatic carbocycles. The van der Waals surface area contributed by atoms with E-state index in [9.17, 15) is 14.4 Å². The van der Waals surface area contributed by atoms with Crippen LogP contribution in [0.4, 0.5) is 5.69 Å². The van der Waals surface area contributed by atoms with E-state index in [-0.39, 0.29) is 17.2 Å². The Morgan fingerprint density at radius 1 is 1.15 bits per heavy atom. The summed E-state index contributed by atoms with van der Waals surface area (Å²) in [7, 11) is 1.32. The Hall–Kier alpha value is -3.43. The monoisotopic (exact) mass is 491 g/mol. The number of fused-ring (bicyclic) bond motifs is 1. The van der Waals surface area contributed by atoms with Crippen LogP contribution in [0.5, 0.6) is 0 Å². The summed E-state index contributed by atoms with van der Waals surface area (Å²) in [5.74, 6) is -0.158. The zero-order valence-corrected chi connectivity index (χ0v) is 19.9. The predicted octanol–water partition coefficient (Wildman–Crippen LogP) is 4.84. The van der Waals surface area contributed by atoms with E-state index in [0.717, 1.165) is 24.1 Å². The van der Waals surface area contributed by atoms with Gasteiger partial charge in [0.05, 0.1) is 29.5 Å². The van der Waals surface area contributed by atoms with Crippen LogP contribution in [0.25, 0.3) is 15.9 Å². The van der Waals surface area contributed by atoms with Crippen LogP contribution < -0.4 is 10.9 Å². The first-order valence-electron chi connectivity index (χ1n) is 10.8. The number of esters is 1. The molecule has 0 spiro atoms. The maximum atomic E-state index is 13.6. The summed E-state index contributed by atoms with van der Waals surface area (Å²) >= 11 is 2.70. The maximum absolute atomic E-state index is 13.6. The molecular formula is C25H21N3O4S2. The van der Waals surface area contributed by atoms with Gasteiger partial charge in [0.2, 0.25) is 5.91 Å². The minimum atomic E-state index is -0.438. The molecule has 9 heteroatoms. The Morgan fingerprint density at radius 3 is 2.56 bits per heavy atom. The molecule has 1 saturated carbocycles. The third kappa shape index (κ3) is 4.49. The quantitative estimate of drug-likeness (QED) is 0.226. The molecule has 0 radical (unpaired) electrons. The van der Waals surface area contributed by atoms with E-state index in [1.54, 1.807) is 28.8 Å². The lowest BCUT2D eigenvalue weighted by Gasteiger charge is -2.12. The second-order valence-corrected chi connectivity index (χ2v) is 9.72. The molecule has 1 fully saturated rings. The lowest BCUT2D eigenvalue weighted by atomic mass is 10.1. The number of thioether (sulfide) groups is 1. The van der Waals surface area contributed by atoms with Crippen molar-refractivity contribution >= 4 is 50.9 Å². The van der Waals surface area contributed by atoms with Gasteiger partial charge < -0.3 is 10.1 Å². The van der Waals surface area contributed by atoms with Gasteiger partial charge in [-0.3, -0.25) is 14.2 Å². The van der Waals surface area contributed by atoms with Crippen molar-refractivity contribution in [1.82, 2.24) is 9.55 Å². The number of para-hydroxylation sites is 1. The van der Waals surface area contributed by atoms with Gasteiger partial charge in [-0.2, -0.15) is 0 Å². The van der Waals surface area contributed by atoms with Crippen LogP contribution >= 0.6 is 23.1 Å². The molecule has 2 heterocycles. The minimum absolute atomic E-state index is 0.0738. The van der Waals surface area contributed by atoms with Crippen molar-refractivity contribution in [3.8, 4) is 5.69 Å². The molecule has 0 atom stereocenters. The Kier molecular flexibility index (Phi) is 6.21. The number of ether oxygens (including phenoxy) is 1. The van der Waals surface area contributed by atoms with Crippen LogP contribution in [-0.2, 0) is 9.53 Å². The number of aromatic nitrogens is 2. The lowest BCUT2D eigenvalue weighted by Crippen LogP contribution is -2.23. The second-order valence-electron chi connectivity index (χ2n) is 7.92. The average molecular weight is 492 g/mol. The fourth-order valence-corrected chi connectivity index (χ4v) is 5.60. The van der Waals surface area contributed by atoms with Gasteiger partial charge >= 0.3 is 5.97 Å². The van der Waals surface area contributed by atoms with Crippen molar-refractivity contribution in [2.24, 2.45) is 0 Å². The number of hydrogen-bond acceptors (Lipinski definition) is 7. The molecule has 0 saturated heterocycles. The van der Waals surface area contributed by atoms with E-state index >= 15 is 0 Å². The fraction of sp³-hybridized carbons (Fsp3) is 0.200. The Bertz CT molecular complexity index is 1420. The second kappa shape index (κ2) is 9.44. The largest absolute Gasteiger partial charge is 0.465 e. The number of nitrogens with zero attached hydrogens (tertiary/aromatic N) is 2. The SMILES string of the molecule is COC(=O)c1ccc(NC(=O)CSc2nc3scc(C4CC4)c3c(=O)n2-c2ccccc2)cc1. The number of rotatable bonds is 7. The normalized spacial score (nSPS) is 13.1. The molecule has 1 N–H and O–H groups in total. The summed E-state index contributed by atoms with van der Waals surface area (Å²) in [4.78, 5) is 43.3. The molecule has 1 aliphatic rings. The van der Waals surface area contributed by atoms with E-state index in [0.29, 0.717) is 32.5 Å².